The Morgan fingerprint density at radius 1 is 1.23 bits per heavy atom. The van der Waals surface area contributed by atoms with E-state index < -0.39 is 12.0 Å². The molecule has 0 saturated carbocycles. The topological polar surface area (TPSA) is 55.8 Å². The number of carbonyl (C=O) groups excluding carboxylic acids is 2. The molecule has 2 atom stereocenters. The highest BCUT2D eigenvalue weighted by Gasteiger charge is 2.39. The minimum Gasteiger partial charge on any atom is -0.468 e. The van der Waals surface area contributed by atoms with Crippen molar-refractivity contribution in [2.24, 2.45) is 0 Å². The maximum Gasteiger partial charge on any atom is 0.334 e. The molecule has 2 rings (SSSR count). The van der Waals surface area contributed by atoms with Gasteiger partial charge in [-0.15, -0.1) is 0 Å². The van der Waals surface area contributed by atoms with E-state index in [-0.39, 0.29) is 12.0 Å². The Balaban J connectivity index is 2.32. The van der Waals surface area contributed by atoms with Gasteiger partial charge in [0.1, 0.15) is 6.04 Å². The molecule has 1 saturated heterocycles. The summed E-state index contributed by atoms with van der Waals surface area (Å²) in [5.41, 5.74) is 1.23. The number of rotatable bonds is 5. The Morgan fingerprint density at radius 3 is 2.50 bits per heavy atom. The highest BCUT2D eigenvalue weighted by molar-refractivity contribution is 5.89. The molecule has 0 aromatic heterocycles. The van der Waals surface area contributed by atoms with Crippen LogP contribution >= 0.6 is 0 Å². The molecule has 0 unspecified atom stereocenters. The van der Waals surface area contributed by atoms with Crippen LogP contribution in [-0.2, 0) is 19.1 Å². The van der Waals surface area contributed by atoms with Gasteiger partial charge in [0.25, 0.3) is 0 Å². The highest BCUT2D eigenvalue weighted by Crippen LogP contribution is 2.33. The number of ether oxygens (including phenoxy) is 2. The number of nitrogens with zero attached hydrogens (tertiary/aromatic N) is 1. The van der Waals surface area contributed by atoms with Crippen LogP contribution in [0.15, 0.2) is 42.5 Å². The SMILES string of the molecule is C=C(C(=O)OC)[C@H]1CCCN1[C@@H](C(=O)OC)c1ccccc1. The third kappa shape index (κ3) is 3.20. The molecule has 0 N–H and O–H groups in total. The van der Waals surface area contributed by atoms with Crippen LogP contribution in [0.1, 0.15) is 24.4 Å². The fourth-order valence-electron chi connectivity index (χ4n) is 2.95. The molecule has 5 heteroatoms. The number of hydrogen-bond donors (Lipinski definition) is 0. The van der Waals surface area contributed by atoms with E-state index in [4.69, 9.17) is 9.47 Å². The van der Waals surface area contributed by atoms with E-state index >= 15 is 0 Å². The molecule has 1 heterocycles. The first-order valence-corrected chi connectivity index (χ1v) is 7.25. The maximum atomic E-state index is 12.3. The van der Waals surface area contributed by atoms with Crippen LogP contribution in [0.4, 0.5) is 0 Å². The smallest absolute Gasteiger partial charge is 0.334 e. The van der Waals surface area contributed by atoms with Crippen LogP contribution in [0.25, 0.3) is 0 Å². The summed E-state index contributed by atoms with van der Waals surface area (Å²) in [6.45, 7) is 4.55. The van der Waals surface area contributed by atoms with Gasteiger partial charge in [-0.2, -0.15) is 0 Å². The van der Waals surface area contributed by atoms with Gasteiger partial charge in [-0.05, 0) is 24.9 Å². The Labute approximate surface area is 130 Å². The van der Waals surface area contributed by atoms with Crippen LogP contribution in [0, 0.1) is 0 Å². The molecule has 0 spiro atoms. The number of likely N-dealkylation sites (tertiary alicyclic amines) is 1. The first-order valence-electron chi connectivity index (χ1n) is 7.25. The van der Waals surface area contributed by atoms with E-state index in [2.05, 4.69) is 6.58 Å². The van der Waals surface area contributed by atoms with Crippen LogP contribution < -0.4 is 0 Å². The molecular weight excluding hydrogens is 282 g/mol. The van der Waals surface area contributed by atoms with Crippen molar-refractivity contribution < 1.29 is 19.1 Å². The number of benzene rings is 1. The quantitative estimate of drug-likeness (QED) is 0.616. The molecule has 5 nitrogen and oxygen atoms in total. The van der Waals surface area contributed by atoms with Gasteiger partial charge < -0.3 is 9.47 Å². The van der Waals surface area contributed by atoms with Crippen molar-refractivity contribution in [2.75, 3.05) is 20.8 Å². The van der Waals surface area contributed by atoms with E-state index in [0.29, 0.717) is 12.1 Å². The summed E-state index contributed by atoms with van der Waals surface area (Å²) in [6, 6.07) is 8.68. The second-order valence-electron chi connectivity index (χ2n) is 5.25. The molecule has 22 heavy (non-hydrogen) atoms. The highest BCUT2D eigenvalue weighted by atomic mass is 16.5. The first-order chi connectivity index (χ1) is 10.6. The van der Waals surface area contributed by atoms with Gasteiger partial charge in [-0.1, -0.05) is 36.9 Å². The lowest BCUT2D eigenvalue weighted by molar-refractivity contribution is -0.148. The van der Waals surface area contributed by atoms with Crippen molar-refractivity contribution in [3.63, 3.8) is 0 Å². The van der Waals surface area contributed by atoms with Crippen molar-refractivity contribution in [1.29, 1.82) is 0 Å². The van der Waals surface area contributed by atoms with Crippen LogP contribution in [0.2, 0.25) is 0 Å². The van der Waals surface area contributed by atoms with Crippen LogP contribution in [0.3, 0.4) is 0 Å². The first kappa shape index (κ1) is 16.2. The van der Waals surface area contributed by atoms with E-state index in [1.54, 1.807) is 0 Å². The predicted octanol–water partition coefficient (Wildman–Crippen LogP) is 2.09. The zero-order valence-corrected chi connectivity index (χ0v) is 13.0. The third-order valence-electron chi connectivity index (χ3n) is 4.02. The summed E-state index contributed by atoms with van der Waals surface area (Å²) in [5.74, 6) is -0.774. The Morgan fingerprint density at radius 2 is 1.91 bits per heavy atom. The van der Waals surface area contributed by atoms with Gasteiger partial charge in [0, 0.05) is 11.6 Å². The molecule has 1 aliphatic rings. The molecule has 1 aromatic rings. The molecule has 1 aromatic carbocycles. The standard InChI is InChI=1S/C17H21NO4/c1-12(16(19)21-2)14-10-7-11-18(14)15(17(20)22-3)13-8-5-4-6-9-13/h4-6,8-9,14-15H,1,7,10-11H2,2-3H3/t14-,15-/m1/s1. The molecule has 118 valence electrons. The van der Waals surface area contributed by atoms with Gasteiger partial charge in [0.15, 0.2) is 0 Å². The number of hydrogen-bond acceptors (Lipinski definition) is 5. The Bertz CT molecular complexity index is 555. The molecule has 1 aliphatic heterocycles. The van der Waals surface area contributed by atoms with Crippen LogP contribution in [0.5, 0.6) is 0 Å². The van der Waals surface area contributed by atoms with Crippen molar-refractivity contribution >= 4 is 11.9 Å². The lowest BCUT2D eigenvalue weighted by atomic mass is 10.0. The minimum absolute atomic E-state index is 0.211. The van der Waals surface area contributed by atoms with Crippen molar-refractivity contribution in [2.45, 2.75) is 24.9 Å². The lowest BCUT2D eigenvalue weighted by Crippen LogP contribution is -2.40. The number of esters is 2. The van der Waals surface area contributed by atoms with Crippen molar-refractivity contribution in [1.82, 2.24) is 4.90 Å². The maximum absolute atomic E-state index is 12.3. The minimum atomic E-state index is -0.542. The largest absolute Gasteiger partial charge is 0.468 e. The summed E-state index contributed by atoms with van der Waals surface area (Å²) in [7, 11) is 2.71. The zero-order chi connectivity index (χ0) is 16.1. The third-order valence-corrected chi connectivity index (χ3v) is 4.02. The second kappa shape index (κ2) is 7.22. The molecular formula is C17H21NO4. The number of methoxy groups -OCH3 is 2. The van der Waals surface area contributed by atoms with Crippen molar-refractivity contribution in [3.8, 4) is 0 Å². The molecule has 0 radical (unpaired) electrons. The normalized spacial score (nSPS) is 19.5. The Kier molecular flexibility index (Phi) is 5.33. The van der Waals surface area contributed by atoms with E-state index in [1.165, 1.54) is 14.2 Å². The monoisotopic (exact) mass is 303 g/mol. The molecule has 0 amide bonds. The average molecular weight is 303 g/mol. The summed E-state index contributed by atoms with van der Waals surface area (Å²) in [6.07, 6.45) is 1.66. The van der Waals surface area contributed by atoms with E-state index in [9.17, 15) is 9.59 Å². The summed E-state index contributed by atoms with van der Waals surface area (Å²) in [5, 5.41) is 0. The van der Waals surface area contributed by atoms with Gasteiger partial charge in [-0.25, -0.2) is 9.59 Å². The van der Waals surface area contributed by atoms with Crippen LogP contribution in [-0.4, -0.2) is 43.6 Å². The Hall–Kier alpha value is -2.14. The fourth-order valence-corrected chi connectivity index (χ4v) is 2.95. The molecule has 1 fully saturated rings. The van der Waals surface area contributed by atoms with Gasteiger partial charge in [-0.3, -0.25) is 4.90 Å². The second-order valence-corrected chi connectivity index (χ2v) is 5.25. The lowest BCUT2D eigenvalue weighted by Gasteiger charge is -2.31. The molecule has 0 bridgehead atoms. The van der Waals surface area contributed by atoms with E-state index in [1.807, 2.05) is 35.2 Å². The summed E-state index contributed by atoms with van der Waals surface area (Å²) in [4.78, 5) is 26.0. The van der Waals surface area contributed by atoms with Crippen molar-refractivity contribution in [3.05, 3.63) is 48.0 Å². The van der Waals surface area contributed by atoms with Gasteiger partial charge >= 0.3 is 11.9 Å². The van der Waals surface area contributed by atoms with Gasteiger partial charge in [0.05, 0.1) is 14.2 Å². The van der Waals surface area contributed by atoms with E-state index in [0.717, 1.165) is 18.4 Å². The summed E-state index contributed by atoms with van der Waals surface area (Å²) >= 11 is 0. The average Bonchev–Trinajstić information content (AvgIpc) is 3.03. The zero-order valence-electron chi connectivity index (χ0n) is 13.0. The predicted molar refractivity (Wildman–Crippen MR) is 82.1 cm³/mol. The summed E-state index contributed by atoms with van der Waals surface area (Å²) < 4.78 is 9.73. The molecule has 0 aliphatic carbocycles. The van der Waals surface area contributed by atoms with Gasteiger partial charge in [0.2, 0.25) is 0 Å². The number of carbonyl (C=O) groups is 2. The fraction of sp³-hybridized carbons (Fsp3) is 0.412.